The van der Waals surface area contributed by atoms with Crippen LogP contribution in [0, 0.1) is 5.82 Å². The fourth-order valence-electron chi connectivity index (χ4n) is 3.97. The van der Waals surface area contributed by atoms with Crippen LogP contribution in [0.3, 0.4) is 0 Å². The third-order valence-corrected chi connectivity index (χ3v) is 5.92. The summed E-state index contributed by atoms with van der Waals surface area (Å²) < 4.78 is 25.5. The molecule has 3 aromatic rings. The van der Waals surface area contributed by atoms with E-state index in [1.54, 1.807) is 48.2 Å². The van der Waals surface area contributed by atoms with Gasteiger partial charge in [-0.05, 0) is 49.5 Å². The number of ether oxygens (including phenoxy) is 2. The maximum Gasteiger partial charge on any atom is 0.255 e. The van der Waals surface area contributed by atoms with E-state index in [-0.39, 0.29) is 0 Å². The summed E-state index contributed by atoms with van der Waals surface area (Å²) in [5, 5.41) is 6.44. The number of benzene rings is 3. The van der Waals surface area contributed by atoms with Gasteiger partial charge in [-0.25, -0.2) is 4.39 Å². The van der Waals surface area contributed by atoms with Crippen LogP contribution in [0.5, 0.6) is 11.5 Å². The lowest BCUT2D eigenvalue weighted by molar-refractivity contribution is -0.113. The van der Waals surface area contributed by atoms with Crippen molar-refractivity contribution in [2.75, 3.05) is 24.4 Å². The number of anilines is 2. The first-order chi connectivity index (χ1) is 16.4. The third kappa shape index (κ3) is 4.45. The second kappa shape index (κ2) is 9.93. The maximum atomic E-state index is 14.8. The molecule has 0 aliphatic carbocycles. The van der Waals surface area contributed by atoms with Gasteiger partial charge in [-0.15, -0.1) is 0 Å². The number of thiocarbonyl (C=S) groups is 1. The molecule has 0 spiro atoms. The molecule has 1 unspecified atom stereocenters. The van der Waals surface area contributed by atoms with Crippen LogP contribution < -0.4 is 25.0 Å². The number of carbonyl (C=O) groups excluding carboxylic acids is 1. The Labute approximate surface area is 203 Å². The molecule has 4 rings (SSSR count). The molecule has 1 aliphatic rings. The number of carbonyl (C=O) groups is 1. The second-order valence-corrected chi connectivity index (χ2v) is 7.98. The molecule has 0 radical (unpaired) electrons. The van der Waals surface area contributed by atoms with Crippen molar-refractivity contribution >= 4 is 34.6 Å². The summed E-state index contributed by atoms with van der Waals surface area (Å²) in [5.74, 6) is 0.164. The number of hydrogen-bond acceptors (Lipinski definition) is 4. The van der Waals surface area contributed by atoms with E-state index in [0.29, 0.717) is 39.1 Å². The van der Waals surface area contributed by atoms with E-state index in [1.165, 1.54) is 20.3 Å². The SMILES string of the molecule is COc1ccc(OC)c(NC(=O)C2=C(C)N(c3ccccc3)C(=S)NC2c2ccccc2F)c1. The number of hydrogen-bond donors (Lipinski definition) is 2. The quantitative estimate of drug-likeness (QED) is 0.477. The minimum atomic E-state index is -0.787. The first-order valence-corrected chi connectivity index (χ1v) is 11.0. The van der Waals surface area contributed by atoms with Crippen LogP contribution >= 0.6 is 12.2 Å². The number of amides is 1. The standard InChI is InChI=1S/C26H24FN3O3S/c1-16-23(25(31)28-21-15-18(32-2)13-14-22(21)33-3)24(19-11-7-8-12-20(19)27)29-26(34)30(16)17-9-5-4-6-10-17/h4-15,24H,1-3H3,(H,28,31)(H,29,34). The summed E-state index contributed by atoms with van der Waals surface area (Å²) in [6.07, 6.45) is 0. The summed E-state index contributed by atoms with van der Waals surface area (Å²) in [4.78, 5) is 15.5. The molecular weight excluding hydrogens is 453 g/mol. The molecule has 0 aromatic heterocycles. The molecule has 3 aromatic carbocycles. The average Bonchev–Trinajstić information content (AvgIpc) is 2.84. The van der Waals surface area contributed by atoms with Crippen LogP contribution in [-0.4, -0.2) is 25.2 Å². The van der Waals surface area contributed by atoms with E-state index in [2.05, 4.69) is 10.6 Å². The van der Waals surface area contributed by atoms with Crippen LogP contribution in [0.25, 0.3) is 0 Å². The summed E-state index contributed by atoms with van der Waals surface area (Å²) in [6, 6.07) is 20.1. The first-order valence-electron chi connectivity index (χ1n) is 10.6. The van der Waals surface area contributed by atoms with Gasteiger partial charge in [-0.3, -0.25) is 9.69 Å². The Bertz CT molecular complexity index is 1260. The highest BCUT2D eigenvalue weighted by molar-refractivity contribution is 7.80. The molecule has 8 heteroatoms. The fraction of sp³-hybridized carbons (Fsp3) is 0.154. The van der Waals surface area contributed by atoms with Crippen molar-refractivity contribution in [3.05, 3.63) is 95.4 Å². The number of methoxy groups -OCH3 is 2. The van der Waals surface area contributed by atoms with E-state index in [9.17, 15) is 9.18 Å². The molecular formula is C26H24FN3O3S. The predicted octanol–water partition coefficient (Wildman–Crippen LogP) is 5.19. The topological polar surface area (TPSA) is 62.8 Å². The van der Waals surface area contributed by atoms with Gasteiger partial charge in [-0.1, -0.05) is 36.4 Å². The van der Waals surface area contributed by atoms with Crippen molar-refractivity contribution < 1.29 is 18.7 Å². The minimum Gasteiger partial charge on any atom is -0.497 e. The molecule has 174 valence electrons. The summed E-state index contributed by atoms with van der Waals surface area (Å²) in [5.41, 5.74) is 2.45. The van der Waals surface area contributed by atoms with E-state index in [4.69, 9.17) is 21.7 Å². The molecule has 1 amide bonds. The number of allylic oxidation sites excluding steroid dienone is 1. The smallest absolute Gasteiger partial charge is 0.255 e. The average molecular weight is 478 g/mol. The molecule has 0 saturated carbocycles. The fourth-order valence-corrected chi connectivity index (χ4v) is 4.33. The Balaban J connectivity index is 1.83. The molecule has 0 saturated heterocycles. The van der Waals surface area contributed by atoms with Crippen LogP contribution in [0.1, 0.15) is 18.5 Å². The van der Waals surface area contributed by atoms with Gasteiger partial charge in [0.25, 0.3) is 5.91 Å². The van der Waals surface area contributed by atoms with E-state index in [0.717, 1.165) is 5.69 Å². The van der Waals surface area contributed by atoms with Gasteiger partial charge in [0.05, 0.1) is 31.5 Å². The van der Waals surface area contributed by atoms with E-state index < -0.39 is 17.8 Å². The van der Waals surface area contributed by atoms with Gasteiger partial charge in [0.1, 0.15) is 17.3 Å². The highest BCUT2D eigenvalue weighted by Gasteiger charge is 2.36. The number of rotatable bonds is 6. The van der Waals surface area contributed by atoms with Crippen molar-refractivity contribution in [2.24, 2.45) is 0 Å². The highest BCUT2D eigenvalue weighted by Crippen LogP contribution is 2.36. The zero-order valence-electron chi connectivity index (χ0n) is 19.0. The van der Waals surface area contributed by atoms with Gasteiger partial charge in [0, 0.05) is 23.0 Å². The lowest BCUT2D eigenvalue weighted by atomic mass is 9.93. The number of para-hydroxylation sites is 1. The molecule has 1 atom stereocenters. The Morgan fingerprint density at radius 1 is 1.03 bits per heavy atom. The molecule has 1 heterocycles. The predicted molar refractivity (Wildman–Crippen MR) is 135 cm³/mol. The molecule has 34 heavy (non-hydrogen) atoms. The molecule has 6 nitrogen and oxygen atoms in total. The van der Waals surface area contributed by atoms with Crippen molar-refractivity contribution in [3.63, 3.8) is 0 Å². The summed E-state index contributed by atoms with van der Waals surface area (Å²) >= 11 is 5.64. The van der Waals surface area contributed by atoms with Gasteiger partial charge >= 0.3 is 0 Å². The van der Waals surface area contributed by atoms with Gasteiger partial charge < -0.3 is 20.1 Å². The highest BCUT2D eigenvalue weighted by atomic mass is 32.1. The van der Waals surface area contributed by atoms with Crippen LogP contribution in [0.4, 0.5) is 15.8 Å². The summed E-state index contributed by atoms with van der Waals surface area (Å²) in [6.45, 7) is 1.80. The van der Waals surface area contributed by atoms with Gasteiger partial charge in [0.2, 0.25) is 0 Å². The Kier molecular flexibility index (Phi) is 6.79. The zero-order valence-corrected chi connectivity index (χ0v) is 19.8. The monoisotopic (exact) mass is 477 g/mol. The van der Waals surface area contributed by atoms with Crippen molar-refractivity contribution in [3.8, 4) is 11.5 Å². The van der Waals surface area contributed by atoms with Crippen molar-refractivity contribution in [2.45, 2.75) is 13.0 Å². The van der Waals surface area contributed by atoms with E-state index in [1.807, 2.05) is 30.3 Å². The molecule has 0 bridgehead atoms. The molecule has 1 aliphatic heterocycles. The Morgan fingerprint density at radius 2 is 1.74 bits per heavy atom. The third-order valence-electron chi connectivity index (χ3n) is 5.61. The Morgan fingerprint density at radius 3 is 2.41 bits per heavy atom. The molecule has 2 N–H and O–H groups in total. The maximum absolute atomic E-state index is 14.8. The Hall–Kier alpha value is -3.91. The largest absolute Gasteiger partial charge is 0.497 e. The number of nitrogens with zero attached hydrogens (tertiary/aromatic N) is 1. The van der Waals surface area contributed by atoms with Gasteiger partial charge in [0.15, 0.2) is 5.11 Å². The number of halogens is 1. The van der Waals surface area contributed by atoms with Crippen molar-refractivity contribution in [1.29, 1.82) is 0 Å². The van der Waals surface area contributed by atoms with Crippen LogP contribution in [-0.2, 0) is 4.79 Å². The van der Waals surface area contributed by atoms with Crippen LogP contribution in [0.2, 0.25) is 0 Å². The van der Waals surface area contributed by atoms with E-state index >= 15 is 0 Å². The first kappa shape index (κ1) is 23.3. The molecule has 0 fully saturated rings. The zero-order chi connectivity index (χ0) is 24.2. The number of nitrogens with one attached hydrogen (secondary N) is 2. The summed E-state index contributed by atoms with van der Waals surface area (Å²) in [7, 11) is 3.06. The second-order valence-electron chi connectivity index (χ2n) is 7.59. The van der Waals surface area contributed by atoms with Gasteiger partial charge in [-0.2, -0.15) is 0 Å². The minimum absolute atomic E-state index is 0.319. The lowest BCUT2D eigenvalue weighted by Crippen LogP contribution is -2.48. The van der Waals surface area contributed by atoms with Crippen LogP contribution in [0.15, 0.2) is 84.1 Å². The lowest BCUT2D eigenvalue weighted by Gasteiger charge is -2.38. The van der Waals surface area contributed by atoms with Crippen molar-refractivity contribution in [1.82, 2.24) is 5.32 Å². The normalized spacial score (nSPS) is 15.6.